The highest BCUT2D eigenvalue weighted by atomic mass is 35.5. The molecule has 1 aliphatic heterocycles. The number of carbonyl (C=O) groups excluding carboxylic acids is 2. The van der Waals surface area contributed by atoms with E-state index in [1.165, 1.54) is 53.7 Å². The van der Waals surface area contributed by atoms with Gasteiger partial charge in [0.15, 0.2) is 23.0 Å². The van der Waals surface area contributed by atoms with Crippen LogP contribution in [0.4, 0.5) is 17.6 Å². The molecular formula is C25H18ClF4N5O3. The number of rotatable bonds is 7. The summed E-state index contributed by atoms with van der Waals surface area (Å²) < 4.78 is 64.1. The molecule has 2 aromatic carbocycles. The molecule has 8 nitrogen and oxygen atoms in total. The first-order valence-corrected chi connectivity index (χ1v) is 11.2. The van der Waals surface area contributed by atoms with Crippen molar-refractivity contribution in [2.24, 2.45) is 5.73 Å². The Balaban J connectivity index is 1.87. The molecule has 196 valence electrons. The van der Waals surface area contributed by atoms with Crippen LogP contribution >= 0.6 is 11.6 Å². The van der Waals surface area contributed by atoms with Crippen molar-refractivity contribution in [1.82, 2.24) is 20.0 Å². The number of aromatic nitrogens is 2. The van der Waals surface area contributed by atoms with E-state index in [-0.39, 0.29) is 28.6 Å². The van der Waals surface area contributed by atoms with Crippen LogP contribution in [0.5, 0.6) is 5.75 Å². The lowest BCUT2D eigenvalue weighted by Crippen LogP contribution is -2.39. The summed E-state index contributed by atoms with van der Waals surface area (Å²) in [5.41, 5.74) is 5.03. The largest absolute Gasteiger partial charge is 0.452 e. The van der Waals surface area contributed by atoms with Gasteiger partial charge in [-0.05, 0) is 36.4 Å². The molecular weight excluding hydrogens is 530 g/mol. The molecule has 0 unspecified atom stereocenters. The lowest BCUT2D eigenvalue weighted by atomic mass is 10.1. The lowest BCUT2D eigenvalue weighted by Gasteiger charge is -2.25. The highest BCUT2D eigenvalue weighted by molar-refractivity contribution is 6.30. The molecule has 1 aliphatic rings. The molecule has 0 bridgehead atoms. The number of nitrogens with zero attached hydrogens (tertiary/aromatic N) is 3. The number of benzene rings is 2. The van der Waals surface area contributed by atoms with Crippen molar-refractivity contribution in [3.63, 3.8) is 0 Å². The standard InChI is InChI=1S/C25H18ClF4N5O3/c1-2-19(36)33-34-12-11-18(16(26)13-34)38-21-15(9-6-10-17(21)27)24-32-20(23(31)37)22(25(28,29)30)35(24)14-7-4-3-5-8-14/h2-12H,1,13H2,(H2,31,37)(H,33,36). The normalized spacial score (nSPS) is 13.4. The molecule has 3 aromatic rings. The van der Waals surface area contributed by atoms with Crippen molar-refractivity contribution in [3.05, 3.63) is 101 Å². The number of hydrogen-bond donors (Lipinski definition) is 2. The van der Waals surface area contributed by atoms with Crippen LogP contribution in [0.25, 0.3) is 17.1 Å². The number of amides is 2. The Morgan fingerprint density at radius 2 is 1.87 bits per heavy atom. The molecule has 4 rings (SSSR count). The second-order valence-corrected chi connectivity index (χ2v) is 8.23. The monoisotopic (exact) mass is 547 g/mol. The van der Waals surface area contributed by atoms with Crippen molar-refractivity contribution in [3.8, 4) is 22.8 Å². The Morgan fingerprint density at radius 1 is 1.16 bits per heavy atom. The zero-order valence-corrected chi connectivity index (χ0v) is 20.1. The van der Waals surface area contributed by atoms with Crippen LogP contribution in [-0.2, 0) is 11.0 Å². The van der Waals surface area contributed by atoms with Gasteiger partial charge in [-0.1, -0.05) is 42.4 Å². The molecule has 0 saturated carbocycles. The fourth-order valence-electron chi connectivity index (χ4n) is 3.64. The van der Waals surface area contributed by atoms with Crippen molar-refractivity contribution in [2.45, 2.75) is 6.18 Å². The number of alkyl halides is 3. The van der Waals surface area contributed by atoms with Gasteiger partial charge in [-0.15, -0.1) is 0 Å². The van der Waals surface area contributed by atoms with Gasteiger partial charge in [0.1, 0.15) is 11.6 Å². The summed E-state index contributed by atoms with van der Waals surface area (Å²) in [5, 5.41) is 1.37. The summed E-state index contributed by atoms with van der Waals surface area (Å²) in [4.78, 5) is 27.4. The van der Waals surface area contributed by atoms with E-state index in [1.807, 2.05) is 0 Å². The van der Waals surface area contributed by atoms with Gasteiger partial charge in [0.05, 0.1) is 17.1 Å². The predicted octanol–water partition coefficient (Wildman–Crippen LogP) is 4.67. The van der Waals surface area contributed by atoms with Crippen LogP contribution < -0.4 is 15.9 Å². The van der Waals surface area contributed by atoms with E-state index in [1.54, 1.807) is 6.07 Å². The summed E-state index contributed by atoms with van der Waals surface area (Å²) in [6.07, 6.45) is -1.28. The molecule has 2 amide bonds. The topological polar surface area (TPSA) is 102 Å². The lowest BCUT2D eigenvalue weighted by molar-refractivity contribution is -0.142. The molecule has 3 N–H and O–H groups in total. The van der Waals surface area contributed by atoms with E-state index in [0.717, 1.165) is 12.1 Å². The van der Waals surface area contributed by atoms with Gasteiger partial charge in [0, 0.05) is 11.9 Å². The van der Waals surface area contributed by atoms with Crippen molar-refractivity contribution in [2.75, 3.05) is 6.54 Å². The molecule has 0 radical (unpaired) electrons. The van der Waals surface area contributed by atoms with E-state index in [2.05, 4.69) is 17.0 Å². The van der Waals surface area contributed by atoms with Crippen molar-refractivity contribution in [1.29, 1.82) is 0 Å². The minimum Gasteiger partial charge on any atom is -0.452 e. The highest BCUT2D eigenvalue weighted by Gasteiger charge is 2.42. The third-order valence-corrected chi connectivity index (χ3v) is 5.54. The maximum absolute atomic E-state index is 15.1. The van der Waals surface area contributed by atoms with E-state index in [0.29, 0.717) is 4.57 Å². The molecule has 0 atom stereocenters. The summed E-state index contributed by atoms with van der Waals surface area (Å²) >= 11 is 6.29. The smallest absolute Gasteiger partial charge is 0.434 e. The Hall–Kier alpha value is -4.58. The van der Waals surface area contributed by atoms with Gasteiger partial charge in [0.2, 0.25) is 0 Å². The van der Waals surface area contributed by atoms with Crippen LogP contribution in [0.2, 0.25) is 0 Å². The van der Waals surface area contributed by atoms with Gasteiger partial charge in [-0.2, -0.15) is 13.2 Å². The predicted molar refractivity (Wildman–Crippen MR) is 130 cm³/mol. The number of nitrogens with two attached hydrogens (primary N) is 1. The highest BCUT2D eigenvalue weighted by Crippen LogP contribution is 2.41. The van der Waals surface area contributed by atoms with Crippen LogP contribution in [-0.4, -0.2) is 32.9 Å². The van der Waals surface area contributed by atoms with E-state index in [4.69, 9.17) is 22.1 Å². The Labute approximate surface area is 218 Å². The van der Waals surface area contributed by atoms with E-state index < -0.39 is 46.8 Å². The number of halogens is 5. The number of hydrazine groups is 1. The summed E-state index contributed by atoms with van der Waals surface area (Å²) in [7, 11) is 0. The number of ether oxygens (including phenoxy) is 1. The summed E-state index contributed by atoms with van der Waals surface area (Å²) in [5.74, 6) is -3.84. The summed E-state index contributed by atoms with van der Waals surface area (Å²) in [6.45, 7) is 3.29. The van der Waals surface area contributed by atoms with Crippen LogP contribution in [0.15, 0.2) is 84.3 Å². The maximum atomic E-state index is 15.1. The first kappa shape index (κ1) is 26.5. The first-order chi connectivity index (χ1) is 18.0. The Bertz CT molecular complexity index is 1480. The molecule has 0 fully saturated rings. The quantitative estimate of drug-likeness (QED) is 0.330. The fraction of sp³-hybridized carbons (Fsp3) is 0.0800. The third-order valence-electron chi connectivity index (χ3n) is 5.24. The number of para-hydroxylation sites is 2. The number of allylic oxidation sites excluding steroid dienone is 1. The third kappa shape index (κ3) is 5.25. The molecule has 38 heavy (non-hydrogen) atoms. The Kier molecular flexibility index (Phi) is 7.26. The van der Waals surface area contributed by atoms with Crippen LogP contribution in [0.3, 0.4) is 0 Å². The second kappa shape index (κ2) is 10.4. The maximum Gasteiger partial charge on any atom is 0.434 e. The average Bonchev–Trinajstić information content (AvgIpc) is 3.29. The van der Waals surface area contributed by atoms with Gasteiger partial charge >= 0.3 is 6.18 Å². The summed E-state index contributed by atoms with van der Waals surface area (Å²) in [6, 6.07) is 10.8. The zero-order chi connectivity index (χ0) is 27.6. The fourth-order valence-corrected chi connectivity index (χ4v) is 3.87. The SMILES string of the molecule is C=CC(=O)NN1C=CC(Oc2c(F)cccc2-c2nc(C(N)=O)c(C(F)(F)F)n2-c2ccccc2)=C(Cl)C1. The van der Waals surface area contributed by atoms with Gasteiger partial charge in [0.25, 0.3) is 11.8 Å². The molecule has 2 heterocycles. The number of carbonyl (C=O) groups is 2. The second-order valence-electron chi connectivity index (χ2n) is 7.78. The van der Waals surface area contributed by atoms with Crippen LogP contribution in [0, 0.1) is 5.82 Å². The van der Waals surface area contributed by atoms with Crippen molar-refractivity contribution < 1.29 is 31.9 Å². The molecule has 1 aromatic heterocycles. The minimum absolute atomic E-state index is 0.00607. The number of nitrogens with one attached hydrogen (secondary N) is 1. The molecule has 13 heteroatoms. The molecule has 0 aliphatic carbocycles. The minimum atomic E-state index is -5.04. The number of primary amides is 1. The Morgan fingerprint density at radius 3 is 2.47 bits per heavy atom. The average molecular weight is 548 g/mol. The van der Waals surface area contributed by atoms with Crippen molar-refractivity contribution >= 4 is 23.4 Å². The van der Waals surface area contributed by atoms with E-state index in [9.17, 15) is 22.8 Å². The van der Waals surface area contributed by atoms with E-state index >= 15 is 4.39 Å². The molecule has 0 spiro atoms. The van der Waals surface area contributed by atoms with Gasteiger partial charge in [-0.3, -0.25) is 24.6 Å². The number of imidazole rings is 1. The van der Waals surface area contributed by atoms with Gasteiger partial charge in [-0.25, -0.2) is 9.37 Å². The molecule has 0 saturated heterocycles. The van der Waals surface area contributed by atoms with Crippen LogP contribution in [0.1, 0.15) is 16.2 Å². The zero-order valence-electron chi connectivity index (χ0n) is 19.3. The first-order valence-electron chi connectivity index (χ1n) is 10.8. The number of hydrogen-bond acceptors (Lipinski definition) is 5. The van der Waals surface area contributed by atoms with Gasteiger partial charge < -0.3 is 10.5 Å².